The van der Waals surface area contributed by atoms with E-state index in [0.717, 1.165) is 35.6 Å². The summed E-state index contributed by atoms with van der Waals surface area (Å²) in [6, 6.07) is 15.3. The van der Waals surface area contributed by atoms with E-state index in [-0.39, 0.29) is 12.2 Å². The van der Waals surface area contributed by atoms with E-state index in [9.17, 15) is 22.4 Å². The topological polar surface area (TPSA) is 59.6 Å². The minimum atomic E-state index is -4.74. The molecule has 0 fully saturated rings. The fourth-order valence-corrected chi connectivity index (χ4v) is 4.32. The summed E-state index contributed by atoms with van der Waals surface area (Å²) in [5.41, 5.74) is 1.77. The zero-order valence-electron chi connectivity index (χ0n) is 23.1. The van der Waals surface area contributed by atoms with Gasteiger partial charge in [0.15, 0.2) is 11.5 Å². The van der Waals surface area contributed by atoms with Gasteiger partial charge in [-0.1, -0.05) is 54.6 Å². The highest BCUT2D eigenvalue weighted by Gasteiger charge is 2.44. The predicted molar refractivity (Wildman–Crippen MR) is 150 cm³/mol. The van der Waals surface area contributed by atoms with Gasteiger partial charge >= 0.3 is 6.18 Å². The number of allylic oxidation sites excluding steroid dienone is 6. The van der Waals surface area contributed by atoms with Crippen molar-refractivity contribution in [2.75, 3.05) is 6.61 Å². The molecule has 2 aromatic carbocycles. The molecule has 9 heteroatoms. The van der Waals surface area contributed by atoms with Gasteiger partial charge < -0.3 is 14.8 Å². The van der Waals surface area contributed by atoms with E-state index in [1.165, 1.54) is 6.08 Å². The van der Waals surface area contributed by atoms with Crippen LogP contribution in [0.2, 0.25) is 0 Å². The Morgan fingerprint density at radius 3 is 2.41 bits per heavy atom. The molecule has 2 N–H and O–H groups in total. The average molecular weight is 571 g/mol. The lowest BCUT2D eigenvalue weighted by atomic mass is 9.95. The quantitative estimate of drug-likeness (QED) is 0.280. The lowest BCUT2D eigenvalue weighted by Crippen LogP contribution is -2.52. The van der Waals surface area contributed by atoms with Crippen LogP contribution in [0.3, 0.4) is 0 Å². The van der Waals surface area contributed by atoms with Gasteiger partial charge in [0, 0.05) is 18.7 Å². The first kappa shape index (κ1) is 30.1. The van der Waals surface area contributed by atoms with E-state index in [1.807, 2.05) is 48.5 Å². The van der Waals surface area contributed by atoms with Gasteiger partial charge in [-0.2, -0.15) is 13.2 Å². The number of rotatable bonds is 11. The van der Waals surface area contributed by atoms with Crippen molar-refractivity contribution in [1.82, 2.24) is 10.6 Å². The molecule has 0 bridgehead atoms. The third-order valence-electron chi connectivity index (χ3n) is 6.88. The molecule has 41 heavy (non-hydrogen) atoms. The van der Waals surface area contributed by atoms with E-state index in [2.05, 4.69) is 28.9 Å². The molecule has 2 aliphatic rings. The maximum atomic E-state index is 13.7. The SMILES string of the molecule is CC(C)(NCc1ccc(OCC2=CCCC=C2)c(OCc2ccccc2)c1)C(=O)NC1=CC=C(F)C(C(F)(F)F)C1. The second kappa shape index (κ2) is 13.2. The molecule has 0 heterocycles. The lowest BCUT2D eigenvalue weighted by Gasteiger charge is -2.28. The zero-order chi connectivity index (χ0) is 29.5. The average Bonchev–Trinajstić information content (AvgIpc) is 2.96. The molecule has 1 unspecified atom stereocenters. The highest BCUT2D eigenvalue weighted by molar-refractivity contribution is 5.86. The predicted octanol–water partition coefficient (Wildman–Crippen LogP) is 7.22. The van der Waals surface area contributed by atoms with Crippen LogP contribution in [0.25, 0.3) is 0 Å². The minimum absolute atomic E-state index is 0.00891. The highest BCUT2D eigenvalue weighted by Crippen LogP contribution is 2.39. The summed E-state index contributed by atoms with van der Waals surface area (Å²) >= 11 is 0. The van der Waals surface area contributed by atoms with Crippen LogP contribution in [0.4, 0.5) is 17.6 Å². The molecule has 5 nitrogen and oxygen atoms in total. The Kier molecular flexibility index (Phi) is 9.70. The Balaban J connectivity index is 1.41. The first-order valence-corrected chi connectivity index (χ1v) is 13.5. The van der Waals surface area contributed by atoms with Crippen molar-refractivity contribution >= 4 is 5.91 Å². The smallest absolute Gasteiger partial charge is 0.398 e. The number of carbonyl (C=O) groups excluding carboxylic acids is 1. The summed E-state index contributed by atoms with van der Waals surface area (Å²) in [4.78, 5) is 12.9. The van der Waals surface area contributed by atoms with Crippen molar-refractivity contribution in [3.05, 3.63) is 107 Å². The minimum Gasteiger partial charge on any atom is -0.485 e. The molecule has 218 valence electrons. The van der Waals surface area contributed by atoms with E-state index in [0.29, 0.717) is 24.7 Å². The van der Waals surface area contributed by atoms with Gasteiger partial charge in [-0.3, -0.25) is 10.1 Å². The van der Waals surface area contributed by atoms with Crippen LogP contribution in [0.5, 0.6) is 11.5 Å². The highest BCUT2D eigenvalue weighted by atomic mass is 19.4. The number of carbonyl (C=O) groups is 1. The van der Waals surface area contributed by atoms with Crippen molar-refractivity contribution < 1.29 is 31.8 Å². The lowest BCUT2D eigenvalue weighted by molar-refractivity contribution is -0.168. The van der Waals surface area contributed by atoms with Gasteiger partial charge in [-0.25, -0.2) is 4.39 Å². The number of amides is 1. The van der Waals surface area contributed by atoms with Crippen LogP contribution in [-0.4, -0.2) is 24.2 Å². The fourth-order valence-electron chi connectivity index (χ4n) is 4.32. The maximum Gasteiger partial charge on any atom is 0.398 e. The van der Waals surface area contributed by atoms with Crippen LogP contribution >= 0.6 is 0 Å². The van der Waals surface area contributed by atoms with Crippen molar-refractivity contribution in [3.63, 3.8) is 0 Å². The number of hydrogen-bond donors (Lipinski definition) is 2. The number of benzene rings is 2. The molecule has 1 amide bonds. The number of hydrogen-bond acceptors (Lipinski definition) is 4. The van der Waals surface area contributed by atoms with Crippen molar-refractivity contribution in [2.45, 2.75) is 58.0 Å². The van der Waals surface area contributed by atoms with Gasteiger partial charge in [0.1, 0.15) is 25.0 Å². The maximum absolute atomic E-state index is 13.7. The summed E-state index contributed by atoms with van der Waals surface area (Å²) in [6.45, 7) is 4.27. The zero-order valence-corrected chi connectivity index (χ0v) is 23.1. The molecule has 2 aliphatic carbocycles. The summed E-state index contributed by atoms with van der Waals surface area (Å²) in [5.74, 6) is -2.92. The summed E-state index contributed by atoms with van der Waals surface area (Å²) < 4.78 is 65.3. The second-order valence-corrected chi connectivity index (χ2v) is 10.6. The second-order valence-electron chi connectivity index (χ2n) is 10.6. The van der Waals surface area contributed by atoms with Gasteiger partial charge in [-0.05, 0) is 67.7 Å². The standard InChI is InChI=1S/C32H34F4N2O3/c1-31(2,30(39)38-25-14-15-27(33)26(18-25)32(34,35)36)37-19-24-13-16-28(40-20-22-9-5-3-6-10-22)29(17-24)41-21-23-11-7-4-8-12-23/h4-5,7-17,26,37H,3,6,18-21H2,1-2H3,(H,38,39). The number of alkyl halides is 3. The Morgan fingerprint density at radius 2 is 1.71 bits per heavy atom. The molecular weight excluding hydrogens is 536 g/mol. The van der Waals surface area contributed by atoms with Crippen LogP contribution in [0, 0.1) is 5.92 Å². The molecule has 2 aromatic rings. The fraction of sp³-hybridized carbons (Fsp3) is 0.344. The van der Waals surface area contributed by atoms with Crippen LogP contribution in [-0.2, 0) is 17.9 Å². The Labute approximate surface area is 237 Å². The third-order valence-corrected chi connectivity index (χ3v) is 6.88. The Hall–Kier alpha value is -3.85. The number of ether oxygens (including phenoxy) is 2. The molecule has 0 aromatic heterocycles. The normalized spacial score (nSPS) is 17.3. The summed E-state index contributed by atoms with van der Waals surface area (Å²) in [6.07, 6.45) is 4.84. The summed E-state index contributed by atoms with van der Waals surface area (Å²) in [7, 11) is 0. The van der Waals surface area contributed by atoms with Gasteiger partial charge in [0.05, 0.1) is 5.54 Å². The first-order chi connectivity index (χ1) is 19.5. The van der Waals surface area contributed by atoms with Gasteiger partial charge in [0.2, 0.25) is 5.91 Å². The molecule has 4 rings (SSSR count). The van der Waals surface area contributed by atoms with Crippen LogP contribution in [0.15, 0.2) is 96.0 Å². The van der Waals surface area contributed by atoms with E-state index < -0.39 is 35.8 Å². The van der Waals surface area contributed by atoms with Crippen molar-refractivity contribution in [3.8, 4) is 11.5 Å². The van der Waals surface area contributed by atoms with Crippen molar-refractivity contribution in [1.29, 1.82) is 0 Å². The Morgan fingerprint density at radius 1 is 0.951 bits per heavy atom. The molecular formula is C32H34F4N2O3. The number of halogens is 4. The molecule has 0 aliphatic heterocycles. The van der Waals surface area contributed by atoms with Crippen LogP contribution in [0.1, 0.15) is 44.2 Å². The van der Waals surface area contributed by atoms with Gasteiger partial charge in [-0.15, -0.1) is 0 Å². The molecule has 0 radical (unpaired) electrons. The number of nitrogens with one attached hydrogen (secondary N) is 2. The molecule has 1 atom stereocenters. The largest absolute Gasteiger partial charge is 0.485 e. The van der Waals surface area contributed by atoms with Crippen molar-refractivity contribution in [2.24, 2.45) is 5.92 Å². The van der Waals surface area contributed by atoms with E-state index in [4.69, 9.17) is 9.47 Å². The summed E-state index contributed by atoms with van der Waals surface area (Å²) in [5, 5.41) is 5.67. The van der Waals surface area contributed by atoms with Gasteiger partial charge in [0.25, 0.3) is 0 Å². The monoisotopic (exact) mass is 570 g/mol. The van der Waals surface area contributed by atoms with E-state index in [1.54, 1.807) is 13.8 Å². The van der Waals surface area contributed by atoms with E-state index >= 15 is 0 Å². The molecule has 0 saturated heterocycles. The molecule has 0 saturated carbocycles. The third kappa shape index (κ3) is 8.57. The molecule has 0 spiro atoms. The Bertz CT molecular complexity index is 1340. The van der Waals surface area contributed by atoms with Crippen LogP contribution < -0.4 is 20.1 Å². The first-order valence-electron chi connectivity index (χ1n) is 13.5.